The lowest BCUT2D eigenvalue weighted by Crippen LogP contribution is -2.24. The van der Waals surface area contributed by atoms with Crippen molar-refractivity contribution in [2.24, 2.45) is 5.73 Å². The van der Waals surface area contributed by atoms with Crippen LogP contribution in [0.15, 0.2) is 30.6 Å². The summed E-state index contributed by atoms with van der Waals surface area (Å²) in [6, 6.07) is 4.76. The maximum absolute atomic E-state index is 13.8. The molecule has 0 fully saturated rings. The standard InChI is InChI=1S/C17H16FN5O/c18-13-3-11(6-16(19)24)17-12(4-13)9-23(22-17)14-5-10-1-2-20-8-15(10)21-7-14/h3-5,7,9,20H,1-2,6,8H2,(H2,19,24). The minimum Gasteiger partial charge on any atom is -0.369 e. The van der Waals surface area contributed by atoms with Gasteiger partial charge >= 0.3 is 0 Å². The van der Waals surface area contributed by atoms with Crippen LogP contribution in [-0.4, -0.2) is 27.2 Å². The SMILES string of the molecule is NC(=O)Cc1cc(F)cc2cn(-c3cnc4c(c3)CCNC4)nc12. The van der Waals surface area contributed by atoms with Gasteiger partial charge in [-0.25, -0.2) is 9.07 Å². The first kappa shape index (κ1) is 14.8. The molecular weight excluding hydrogens is 309 g/mol. The predicted octanol–water partition coefficient (Wildman–Crippen LogP) is 1.23. The van der Waals surface area contributed by atoms with E-state index < -0.39 is 11.7 Å². The van der Waals surface area contributed by atoms with Gasteiger partial charge in [-0.3, -0.25) is 9.78 Å². The number of pyridine rings is 1. The Kier molecular flexibility index (Phi) is 3.50. The van der Waals surface area contributed by atoms with Gasteiger partial charge < -0.3 is 11.1 Å². The van der Waals surface area contributed by atoms with Crippen molar-refractivity contribution < 1.29 is 9.18 Å². The van der Waals surface area contributed by atoms with Gasteiger partial charge in [-0.1, -0.05) is 0 Å². The third-order valence-electron chi connectivity index (χ3n) is 4.19. The maximum Gasteiger partial charge on any atom is 0.221 e. The van der Waals surface area contributed by atoms with Crippen LogP contribution in [0.1, 0.15) is 16.8 Å². The molecule has 6 nitrogen and oxygen atoms in total. The van der Waals surface area contributed by atoms with Crippen LogP contribution in [0.5, 0.6) is 0 Å². The molecule has 0 aliphatic carbocycles. The van der Waals surface area contributed by atoms with Gasteiger partial charge in [-0.05, 0) is 42.3 Å². The van der Waals surface area contributed by atoms with Crippen molar-refractivity contribution in [2.45, 2.75) is 19.4 Å². The minimum absolute atomic E-state index is 0.0423. The number of halogens is 1. The second kappa shape index (κ2) is 5.68. The molecule has 0 bridgehead atoms. The fourth-order valence-corrected chi connectivity index (χ4v) is 3.08. The molecule has 24 heavy (non-hydrogen) atoms. The Morgan fingerprint density at radius 3 is 3.08 bits per heavy atom. The number of nitrogens with two attached hydrogens (primary N) is 1. The number of primary amides is 1. The van der Waals surface area contributed by atoms with E-state index in [4.69, 9.17) is 5.73 Å². The lowest BCUT2D eigenvalue weighted by atomic mass is 10.1. The molecule has 0 radical (unpaired) electrons. The molecule has 0 saturated carbocycles. The highest BCUT2D eigenvalue weighted by atomic mass is 19.1. The Morgan fingerprint density at radius 2 is 2.25 bits per heavy atom. The number of carbonyl (C=O) groups is 1. The molecule has 0 unspecified atom stereocenters. The third-order valence-corrected chi connectivity index (χ3v) is 4.19. The fourth-order valence-electron chi connectivity index (χ4n) is 3.08. The van der Waals surface area contributed by atoms with Crippen molar-refractivity contribution in [2.75, 3.05) is 6.54 Å². The summed E-state index contributed by atoms with van der Waals surface area (Å²) in [4.78, 5) is 15.7. The second-order valence-electron chi connectivity index (χ2n) is 5.95. The van der Waals surface area contributed by atoms with E-state index in [-0.39, 0.29) is 6.42 Å². The van der Waals surface area contributed by atoms with Gasteiger partial charge in [0.15, 0.2) is 0 Å². The summed E-state index contributed by atoms with van der Waals surface area (Å²) >= 11 is 0. The number of carbonyl (C=O) groups excluding carboxylic acids is 1. The van der Waals surface area contributed by atoms with E-state index in [1.807, 2.05) is 0 Å². The Hall–Kier alpha value is -2.80. The van der Waals surface area contributed by atoms with Crippen molar-refractivity contribution >= 4 is 16.8 Å². The zero-order chi connectivity index (χ0) is 16.7. The molecule has 2 aromatic heterocycles. The van der Waals surface area contributed by atoms with Crippen molar-refractivity contribution in [3.63, 3.8) is 0 Å². The molecule has 3 heterocycles. The number of amides is 1. The van der Waals surface area contributed by atoms with Crippen LogP contribution in [0, 0.1) is 5.82 Å². The summed E-state index contributed by atoms with van der Waals surface area (Å²) in [6.45, 7) is 1.69. The first-order valence-electron chi connectivity index (χ1n) is 7.75. The molecular formula is C17H16FN5O. The van der Waals surface area contributed by atoms with E-state index in [1.54, 1.807) is 17.1 Å². The summed E-state index contributed by atoms with van der Waals surface area (Å²) in [5, 5.41) is 8.43. The smallest absolute Gasteiger partial charge is 0.221 e. The van der Waals surface area contributed by atoms with Crippen LogP contribution < -0.4 is 11.1 Å². The maximum atomic E-state index is 13.8. The number of hydrogen-bond acceptors (Lipinski definition) is 4. The highest BCUT2D eigenvalue weighted by molar-refractivity contribution is 5.87. The Morgan fingerprint density at radius 1 is 1.38 bits per heavy atom. The molecule has 3 aromatic rings. The molecule has 4 rings (SSSR count). The number of rotatable bonds is 3. The fraction of sp³-hybridized carbons (Fsp3) is 0.235. The summed E-state index contributed by atoms with van der Waals surface area (Å²) in [5.41, 5.74) is 9.37. The van der Waals surface area contributed by atoms with Crippen molar-refractivity contribution in [3.8, 4) is 5.69 Å². The van der Waals surface area contributed by atoms with Crippen LogP contribution in [-0.2, 0) is 24.2 Å². The topological polar surface area (TPSA) is 85.8 Å². The average molecular weight is 325 g/mol. The van der Waals surface area contributed by atoms with Crippen molar-refractivity contribution in [1.82, 2.24) is 20.1 Å². The van der Waals surface area contributed by atoms with E-state index >= 15 is 0 Å². The molecule has 1 aromatic carbocycles. The molecule has 1 amide bonds. The second-order valence-corrected chi connectivity index (χ2v) is 5.95. The Labute approximate surface area is 137 Å². The first-order chi connectivity index (χ1) is 11.6. The van der Waals surface area contributed by atoms with Crippen LogP contribution >= 0.6 is 0 Å². The predicted molar refractivity (Wildman–Crippen MR) is 87.1 cm³/mol. The monoisotopic (exact) mass is 325 g/mol. The van der Waals surface area contributed by atoms with Gasteiger partial charge in [0.05, 0.1) is 29.5 Å². The normalized spacial score (nSPS) is 13.9. The zero-order valence-electron chi connectivity index (χ0n) is 12.9. The van der Waals surface area contributed by atoms with Crippen LogP contribution in [0.25, 0.3) is 16.6 Å². The Balaban J connectivity index is 1.81. The summed E-state index contributed by atoms with van der Waals surface area (Å²) in [5.74, 6) is -0.924. The van der Waals surface area contributed by atoms with E-state index in [9.17, 15) is 9.18 Å². The molecule has 0 atom stereocenters. The van der Waals surface area contributed by atoms with Gasteiger partial charge in [0, 0.05) is 18.1 Å². The molecule has 1 aliphatic heterocycles. The van der Waals surface area contributed by atoms with Gasteiger partial charge in [-0.15, -0.1) is 0 Å². The number of fused-ring (bicyclic) bond motifs is 2. The van der Waals surface area contributed by atoms with E-state index in [1.165, 1.54) is 17.7 Å². The largest absolute Gasteiger partial charge is 0.369 e. The number of aromatic nitrogens is 3. The highest BCUT2D eigenvalue weighted by Gasteiger charge is 2.14. The van der Waals surface area contributed by atoms with Crippen LogP contribution in [0.2, 0.25) is 0 Å². The van der Waals surface area contributed by atoms with Gasteiger partial charge in [0.1, 0.15) is 5.82 Å². The molecule has 7 heteroatoms. The first-order valence-corrected chi connectivity index (χ1v) is 7.75. The van der Waals surface area contributed by atoms with Crippen LogP contribution in [0.3, 0.4) is 0 Å². The van der Waals surface area contributed by atoms with E-state index in [0.717, 1.165) is 30.9 Å². The van der Waals surface area contributed by atoms with Crippen molar-refractivity contribution in [3.05, 3.63) is 53.2 Å². The minimum atomic E-state index is -0.514. The molecule has 1 aliphatic rings. The van der Waals surface area contributed by atoms with Gasteiger partial charge in [0.2, 0.25) is 5.91 Å². The van der Waals surface area contributed by atoms with Crippen molar-refractivity contribution in [1.29, 1.82) is 0 Å². The lowest BCUT2D eigenvalue weighted by Gasteiger charge is -2.16. The quantitative estimate of drug-likeness (QED) is 0.758. The summed E-state index contributed by atoms with van der Waals surface area (Å²) in [7, 11) is 0. The Bertz CT molecular complexity index is 950. The third kappa shape index (κ3) is 2.63. The molecule has 122 valence electrons. The lowest BCUT2D eigenvalue weighted by molar-refractivity contribution is -0.117. The number of nitrogens with zero attached hydrogens (tertiary/aromatic N) is 3. The van der Waals surface area contributed by atoms with Gasteiger partial charge in [-0.2, -0.15) is 5.10 Å². The number of hydrogen-bond donors (Lipinski definition) is 2. The average Bonchev–Trinajstić information content (AvgIpc) is 2.98. The highest BCUT2D eigenvalue weighted by Crippen LogP contribution is 2.23. The summed E-state index contributed by atoms with van der Waals surface area (Å²) in [6.07, 6.45) is 4.37. The van der Waals surface area contributed by atoms with E-state index in [0.29, 0.717) is 16.5 Å². The zero-order valence-corrected chi connectivity index (χ0v) is 12.9. The number of nitrogens with one attached hydrogen (secondary N) is 1. The molecule has 3 N–H and O–H groups in total. The van der Waals surface area contributed by atoms with Crippen LogP contribution in [0.4, 0.5) is 4.39 Å². The van der Waals surface area contributed by atoms with Gasteiger partial charge in [0.25, 0.3) is 0 Å². The molecule has 0 saturated heterocycles. The number of benzene rings is 1. The molecule has 0 spiro atoms. The van der Waals surface area contributed by atoms with E-state index in [2.05, 4.69) is 21.5 Å². The summed E-state index contributed by atoms with van der Waals surface area (Å²) < 4.78 is 15.4.